The van der Waals surface area contributed by atoms with Crippen LogP contribution in [-0.2, 0) is 0 Å². The zero-order valence-electron chi connectivity index (χ0n) is 8.31. The topological polar surface area (TPSA) is 38.2 Å². The summed E-state index contributed by atoms with van der Waals surface area (Å²) in [6.07, 6.45) is 6.73. The van der Waals surface area contributed by atoms with Crippen molar-refractivity contribution in [3.05, 3.63) is 18.6 Å². The second-order valence-electron chi connectivity index (χ2n) is 3.64. The van der Waals surface area contributed by atoms with Gasteiger partial charge in [-0.15, -0.1) is 0 Å². The van der Waals surface area contributed by atoms with Crippen molar-refractivity contribution in [1.82, 2.24) is 14.9 Å². The van der Waals surface area contributed by atoms with E-state index in [0.29, 0.717) is 5.88 Å². The SMILES string of the molecule is CN1CCCC(Oc2ccn[c]n2)C1. The van der Waals surface area contributed by atoms with Crippen LogP contribution in [0, 0.1) is 6.33 Å². The molecule has 1 radical (unpaired) electrons. The van der Waals surface area contributed by atoms with Gasteiger partial charge in [-0.1, -0.05) is 0 Å². The molecule has 4 nitrogen and oxygen atoms in total. The van der Waals surface area contributed by atoms with E-state index in [1.165, 1.54) is 6.42 Å². The number of aromatic nitrogens is 2. The Balaban J connectivity index is 1.91. The van der Waals surface area contributed by atoms with Crippen molar-refractivity contribution < 1.29 is 4.74 Å². The Morgan fingerprint density at radius 2 is 2.57 bits per heavy atom. The lowest BCUT2D eigenvalue weighted by molar-refractivity contribution is 0.0998. The van der Waals surface area contributed by atoms with E-state index >= 15 is 0 Å². The summed E-state index contributed by atoms with van der Waals surface area (Å²) in [5.41, 5.74) is 0. The maximum absolute atomic E-state index is 5.70. The van der Waals surface area contributed by atoms with Crippen LogP contribution in [0.3, 0.4) is 0 Å². The van der Waals surface area contributed by atoms with Gasteiger partial charge in [0.25, 0.3) is 0 Å². The summed E-state index contributed by atoms with van der Waals surface area (Å²) in [6, 6.07) is 1.77. The zero-order valence-corrected chi connectivity index (χ0v) is 8.31. The Hall–Kier alpha value is -1.16. The summed E-state index contributed by atoms with van der Waals surface area (Å²) >= 11 is 0. The molecule has 14 heavy (non-hydrogen) atoms. The molecule has 1 aliphatic heterocycles. The van der Waals surface area contributed by atoms with Gasteiger partial charge in [0.1, 0.15) is 6.10 Å². The highest BCUT2D eigenvalue weighted by Gasteiger charge is 2.18. The van der Waals surface area contributed by atoms with Gasteiger partial charge in [0.2, 0.25) is 12.2 Å². The van der Waals surface area contributed by atoms with Crippen molar-refractivity contribution in [3.63, 3.8) is 0 Å². The molecule has 2 heterocycles. The minimum atomic E-state index is 0.261. The predicted octanol–water partition coefficient (Wildman–Crippen LogP) is 0.750. The molecule has 75 valence electrons. The molecule has 1 aromatic heterocycles. The second kappa shape index (κ2) is 4.37. The highest BCUT2D eigenvalue weighted by Crippen LogP contribution is 2.14. The van der Waals surface area contributed by atoms with Gasteiger partial charge in [-0.05, 0) is 26.4 Å². The van der Waals surface area contributed by atoms with Gasteiger partial charge in [0.15, 0.2) is 0 Å². The van der Waals surface area contributed by atoms with Crippen molar-refractivity contribution in [2.75, 3.05) is 20.1 Å². The van der Waals surface area contributed by atoms with E-state index in [1.807, 2.05) is 0 Å². The van der Waals surface area contributed by atoms with Gasteiger partial charge in [0.05, 0.1) is 0 Å². The highest BCUT2D eigenvalue weighted by atomic mass is 16.5. The molecular weight excluding hydrogens is 178 g/mol. The van der Waals surface area contributed by atoms with Gasteiger partial charge >= 0.3 is 0 Å². The number of piperidine rings is 1. The molecule has 1 atom stereocenters. The van der Waals surface area contributed by atoms with E-state index in [9.17, 15) is 0 Å². The summed E-state index contributed by atoms with van der Waals surface area (Å²) < 4.78 is 5.70. The van der Waals surface area contributed by atoms with Crippen LogP contribution in [0.15, 0.2) is 12.3 Å². The fourth-order valence-electron chi connectivity index (χ4n) is 1.70. The van der Waals surface area contributed by atoms with Crippen LogP contribution in [-0.4, -0.2) is 41.1 Å². The van der Waals surface area contributed by atoms with Crippen molar-refractivity contribution in [2.45, 2.75) is 18.9 Å². The third-order valence-corrected chi connectivity index (χ3v) is 2.38. The highest BCUT2D eigenvalue weighted by molar-refractivity contribution is 5.04. The van der Waals surface area contributed by atoms with Crippen LogP contribution < -0.4 is 4.74 Å². The van der Waals surface area contributed by atoms with Gasteiger partial charge < -0.3 is 9.64 Å². The molecule has 1 unspecified atom stereocenters. The number of likely N-dealkylation sites (N-methyl/N-ethyl adjacent to an activating group) is 1. The quantitative estimate of drug-likeness (QED) is 0.693. The fourth-order valence-corrected chi connectivity index (χ4v) is 1.70. The van der Waals surface area contributed by atoms with Crippen LogP contribution in [0.5, 0.6) is 5.88 Å². The minimum Gasteiger partial charge on any atom is -0.473 e. The molecule has 0 aromatic carbocycles. The normalized spacial score (nSPS) is 23.4. The van der Waals surface area contributed by atoms with E-state index in [0.717, 1.165) is 19.5 Å². The van der Waals surface area contributed by atoms with Crippen molar-refractivity contribution in [2.24, 2.45) is 0 Å². The first kappa shape index (κ1) is 9.40. The van der Waals surface area contributed by atoms with Crippen LogP contribution in [0.4, 0.5) is 0 Å². The van der Waals surface area contributed by atoms with Gasteiger partial charge in [-0.2, -0.15) is 4.98 Å². The third kappa shape index (κ3) is 2.42. The molecule has 2 rings (SSSR count). The van der Waals surface area contributed by atoms with Crippen LogP contribution in [0.25, 0.3) is 0 Å². The Bertz CT molecular complexity index is 278. The van der Waals surface area contributed by atoms with Gasteiger partial charge in [-0.25, -0.2) is 4.98 Å². The largest absolute Gasteiger partial charge is 0.473 e. The number of hydrogen-bond acceptors (Lipinski definition) is 4. The average molecular weight is 192 g/mol. The summed E-state index contributed by atoms with van der Waals surface area (Å²) in [4.78, 5) is 9.92. The zero-order chi connectivity index (χ0) is 9.80. The Morgan fingerprint density at radius 1 is 1.64 bits per heavy atom. The maximum Gasteiger partial charge on any atom is 0.217 e. The molecule has 1 aliphatic rings. The fraction of sp³-hybridized carbons (Fsp3) is 0.600. The lowest BCUT2D eigenvalue weighted by atomic mass is 10.1. The van der Waals surface area contributed by atoms with E-state index in [4.69, 9.17) is 4.74 Å². The molecule has 0 bridgehead atoms. The maximum atomic E-state index is 5.70. The Morgan fingerprint density at radius 3 is 3.29 bits per heavy atom. The number of rotatable bonds is 2. The van der Waals surface area contributed by atoms with Gasteiger partial charge in [-0.3, -0.25) is 0 Å². The molecule has 0 amide bonds. The monoisotopic (exact) mass is 192 g/mol. The summed E-state index contributed by atoms with van der Waals surface area (Å²) in [7, 11) is 2.11. The van der Waals surface area contributed by atoms with Crippen LogP contribution in [0.1, 0.15) is 12.8 Å². The number of hydrogen-bond donors (Lipinski definition) is 0. The van der Waals surface area contributed by atoms with Gasteiger partial charge in [0, 0.05) is 18.8 Å². The van der Waals surface area contributed by atoms with Crippen molar-refractivity contribution in [3.8, 4) is 5.88 Å². The summed E-state index contributed by atoms with van der Waals surface area (Å²) in [5, 5.41) is 0. The smallest absolute Gasteiger partial charge is 0.217 e. The Kier molecular flexibility index (Phi) is 2.93. The third-order valence-electron chi connectivity index (χ3n) is 2.38. The van der Waals surface area contributed by atoms with Crippen LogP contribution >= 0.6 is 0 Å². The van der Waals surface area contributed by atoms with E-state index in [-0.39, 0.29) is 6.10 Å². The molecule has 0 N–H and O–H groups in total. The van der Waals surface area contributed by atoms with E-state index < -0.39 is 0 Å². The molecule has 1 saturated heterocycles. The van der Waals surface area contributed by atoms with E-state index in [1.54, 1.807) is 12.3 Å². The molecule has 4 heteroatoms. The van der Waals surface area contributed by atoms with E-state index in [2.05, 4.69) is 28.2 Å². The summed E-state index contributed by atoms with van der Waals surface area (Å²) in [5.74, 6) is 0.625. The molecule has 0 saturated carbocycles. The minimum absolute atomic E-state index is 0.261. The first-order valence-electron chi connectivity index (χ1n) is 4.89. The molecule has 0 spiro atoms. The summed E-state index contributed by atoms with van der Waals surface area (Å²) in [6.45, 7) is 2.14. The number of nitrogens with zero attached hydrogens (tertiary/aromatic N) is 3. The molecule has 0 aliphatic carbocycles. The lowest BCUT2D eigenvalue weighted by Gasteiger charge is -2.29. The first-order chi connectivity index (χ1) is 6.84. The van der Waals surface area contributed by atoms with Crippen LogP contribution in [0.2, 0.25) is 0 Å². The molecular formula is C10H14N3O. The number of likely N-dealkylation sites (tertiary alicyclic amines) is 1. The standard InChI is InChI=1S/C10H14N3O/c1-13-6-2-3-9(7-13)14-10-4-5-11-8-12-10/h4-5,9H,2-3,6-7H2,1H3. The second-order valence-corrected chi connectivity index (χ2v) is 3.64. The average Bonchev–Trinajstić information content (AvgIpc) is 2.19. The van der Waals surface area contributed by atoms with Crippen molar-refractivity contribution >= 4 is 0 Å². The Labute approximate surface area is 83.9 Å². The first-order valence-corrected chi connectivity index (χ1v) is 4.89. The lowest BCUT2D eigenvalue weighted by Crippen LogP contribution is -2.38. The van der Waals surface area contributed by atoms with Crippen molar-refractivity contribution in [1.29, 1.82) is 0 Å². The predicted molar refractivity (Wildman–Crippen MR) is 52.0 cm³/mol. The molecule has 1 aromatic rings. The number of ether oxygens (including phenoxy) is 1. The molecule has 1 fully saturated rings.